The molecule has 6 heteroatoms. The van der Waals surface area contributed by atoms with E-state index in [1.165, 1.54) is 4.31 Å². The molecule has 1 aliphatic carbocycles. The van der Waals surface area contributed by atoms with E-state index in [1.807, 2.05) is 0 Å². The van der Waals surface area contributed by atoms with E-state index in [2.05, 4.69) is 5.32 Å². The van der Waals surface area contributed by atoms with Gasteiger partial charge in [0.1, 0.15) is 0 Å². The van der Waals surface area contributed by atoms with Gasteiger partial charge in [-0.1, -0.05) is 0 Å². The highest BCUT2D eigenvalue weighted by Crippen LogP contribution is 2.31. The zero-order chi connectivity index (χ0) is 11.1. The van der Waals surface area contributed by atoms with Crippen LogP contribution in [0, 0.1) is 5.92 Å². The lowest BCUT2D eigenvalue weighted by atomic mass is 10.2. The molecule has 2 N–H and O–H groups in total. The van der Waals surface area contributed by atoms with E-state index in [4.69, 9.17) is 0 Å². The summed E-state index contributed by atoms with van der Waals surface area (Å²) in [6, 6.07) is -0.297. The zero-order valence-corrected chi connectivity index (χ0v) is 9.70. The number of aliphatic hydroxyl groups is 1. The van der Waals surface area contributed by atoms with E-state index in [1.54, 1.807) is 7.05 Å². The second kappa shape index (κ2) is 4.01. The van der Waals surface area contributed by atoms with Crippen LogP contribution in [0.15, 0.2) is 0 Å². The fraction of sp³-hybridized carbons (Fsp3) is 1.00. The van der Waals surface area contributed by atoms with Crippen molar-refractivity contribution in [2.45, 2.75) is 25.0 Å². The van der Waals surface area contributed by atoms with Crippen LogP contribution >= 0.6 is 0 Å². The Bertz CT molecular complexity index is 326. The maximum Gasteiger partial charge on any atom is 0.214 e. The van der Waals surface area contributed by atoms with Crippen LogP contribution in [0.2, 0.25) is 0 Å². The smallest absolute Gasteiger partial charge is 0.214 e. The molecular formula is C9H18N2O3S. The van der Waals surface area contributed by atoms with Crippen LogP contribution in [-0.2, 0) is 10.0 Å². The van der Waals surface area contributed by atoms with Gasteiger partial charge in [-0.15, -0.1) is 0 Å². The summed E-state index contributed by atoms with van der Waals surface area (Å²) in [6.45, 7) is 1.02. The number of rotatable bonds is 4. The van der Waals surface area contributed by atoms with Crippen LogP contribution in [-0.4, -0.2) is 55.9 Å². The number of sulfonamides is 1. The Morgan fingerprint density at radius 3 is 2.53 bits per heavy atom. The van der Waals surface area contributed by atoms with Crippen LogP contribution in [0.25, 0.3) is 0 Å². The minimum Gasteiger partial charge on any atom is -0.390 e. The van der Waals surface area contributed by atoms with Crippen LogP contribution in [0.5, 0.6) is 0 Å². The summed E-state index contributed by atoms with van der Waals surface area (Å²) in [5.41, 5.74) is 0. The molecule has 2 fully saturated rings. The van der Waals surface area contributed by atoms with Gasteiger partial charge in [0.15, 0.2) is 0 Å². The van der Waals surface area contributed by atoms with Gasteiger partial charge < -0.3 is 10.4 Å². The van der Waals surface area contributed by atoms with E-state index in [9.17, 15) is 13.5 Å². The summed E-state index contributed by atoms with van der Waals surface area (Å²) in [5.74, 6) is 0.594. The van der Waals surface area contributed by atoms with Gasteiger partial charge in [0, 0.05) is 20.1 Å². The number of aliphatic hydroxyl groups excluding tert-OH is 1. The average Bonchev–Trinajstić information content (AvgIpc) is 2.84. The van der Waals surface area contributed by atoms with Crippen molar-refractivity contribution in [2.75, 3.05) is 25.9 Å². The molecule has 1 saturated carbocycles. The third-order valence-electron chi connectivity index (χ3n) is 3.20. The first-order valence-electron chi connectivity index (χ1n) is 5.35. The molecule has 0 bridgehead atoms. The first kappa shape index (κ1) is 11.3. The number of likely N-dealkylation sites (N-methyl/N-ethyl adjacent to an activating group) is 1. The Balaban J connectivity index is 2.01. The third-order valence-corrected chi connectivity index (χ3v) is 5.24. The summed E-state index contributed by atoms with van der Waals surface area (Å²) in [7, 11) is -1.61. The fourth-order valence-corrected chi connectivity index (χ4v) is 3.72. The van der Waals surface area contributed by atoms with Crippen molar-refractivity contribution in [3.05, 3.63) is 0 Å². The average molecular weight is 234 g/mol. The van der Waals surface area contributed by atoms with Gasteiger partial charge in [-0.2, -0.15) is 4.31 Å². The lowest BCUT2D eigenvalue weighted by Crippen LogP contribution is -2.45. The quantitative estimate of drug-likeness (QED) is 0.654. The van der Waals surface area contributed by atoms with Crippen LogP contribution in [0.3, 0.4) is 0 Å². The minimum absolute atomic E-state index is 0.243. The molecule has 1 saturated heterocycles. The van der Waals surface area contributed by atoms with Gasteiger partial charge in [-0.05, 0) is 18.8 Å². The monoisotopic (exact) mass is 234 g/mol. The number of hydrogen-bond donors (Lipinski definition) is 2. The van der Waals surface area contributed by atoms with Crippen molar-refractivity contribution in [1.82, 2.24) is 9.62 Å². The lowest BCUT2D eigenvalue weighted by Gasteiger charge is -2.25. The Hall–Kier alpha value is -0.170. The molecule has 0 radical (unpaired) electrons. The Labute approximate surface area is 90.5 Å². The Morgan fingerprint density at radius 1 is 1.40 bits per heavy atom. The molecule has 0 aromatic heterocycles. The molecule has 1 heterocycles. The number of hydrogen-bond acceptors (Lipinski definition) is 4. The van der Waals surface area contributed by atoms with E-state index in [0.717, 1.165) is 12.8 Å². The number of β-amino-alcohol motifs (C(OH)–C–C–N with tert-alkyl or cyclic N) is 1. The predicted octanol–water partition coefficient (Wildman–Crippen LogP) is -1.01. The summed E-state index contributed by atoms with van der Waals surface area (Å²) in [5, 5.41) is 12.6. The highest BCUT2D eigenvalue weighted by molar-refractivity contribution is 7.89. The summed E-state index contributed by atoms with van der Waals surface area (Å²) in [4.78, 5) is 0. The van der Waals surface area contributed by atoms with Crippen molar-refractivity contribution in [2.24, 2.45) is 5.92 Å². The molecule has 0 spiro atoms. The first-order chi connectivity index (χ1) is 7.00. The highest BCUT2D eigenvalue weighted by Gasteiger charge is 2.37. The second-order valence-electron chi connectivity index (χ2n) is 4.53. The molecule has 1 aliphatic heterocycles. The second-order valence-corrected chi connectivity index (χ2v) is 6.60. The van der Waals surface area contributed by atoms with Crippen LogP contribution in [0.1, 0.15) is 12.8 Å². The topological polar surface area (TPSA) is 69.6 Å². The Morgan fingerprint density at radius 2 is 2.07 bits per heavy atom. The zero-order valence-electron chi connectivity index (χ0n) is 8.89. The molecule has 15 heavy (non-hydrogen) atoms. The van der Waals surface area contributed by atoms with E-state index in [0.29, 0.717) is 19.0 Å². The SMILES string of the molecule is CN([C@H]1CNC[C@@H]1O)S(=O)(=O)CC1CC1. The van der Waals surface area contributed by atoms with Crippen molar-refractivity contribution in [3.63, 3.8) is 0 Å². The summed E-state index contributed by atoms with van der Waals surface area (Å²) in [6.07, 6.45) is 1.47. The van der Waals surface area contributed by atoms with Gasteiger partial charge in [0.25, 0.3) is 0 Å². The number of nitrogens with zero attached hydrogens (tertiary/aromatic N) is 1. The largest absolute Gasteiger partial charge is 0.390 e. The minimum atomic E-state index is -3.18. The van der Waals surface area contributed by atoms with Gasteiger partial charge in [0.2, 0.25) is 10.0 Å². The Kier molecular flexibility index (Phi) is 3.03. The summed E-state index contributed by atoms with van der Waals surface area (Å²) < 4.78 is 25.1. The number of nitrogens with one attached hydrogen (secondary N) is 1. The molecule has 2 rings (SSSR count). The predicted molar refractivity (Wildman–Crippen MR) is 56.9 cm³/mol. The molecule has 0 unspecified atom stereocenters. The van der Waals surface area contributed by atoms with Crippen LogP contribution < -0.4 is 5.32 Å². The van der Waals surface area contributed by atoms with Gasteiger partial charge in [0.05, 0.1) is 17.9 Å². The molecule has 0 amide bonds. The molecular weight excluding hydrogens is 216 g/mol. The van der Waals surface area contributed by atoms with E-state index < -0.39 is 16.1 Å². The van der Waals surface area contributed by atoms with E-state index >= 15 is 0 Å². The fourth-order valence-electron chi connectivity index (χ4n) is 1.93. The van der Waals surface area contributed by atoms with Crippen molar-refractivity contribution in [1.29, 1.82) is 0 Å². The maximum atomic E-state index is 11.9. The van der Waals surface area contributed by atoms with Crippen molar-refractivity contribution < 1.29 is 13.5 Å². The third kappa shape index (κ3) is 2.50. The van der Waals surface area contributed by atoms with Gasteiger partial charge >= 0.3 is 0 Å². The van der Waals surface area contributed by atoms with Gasteiger partial charge in [-0.25, -0.2) is 8.42 Å². The van der Waals surface area contributed by atoms with Gasteiger partial charge in [-0.3, -0.25) is 0 Å². The van der Waals surface area contributed by atoms with Crippen molar-refractivity contribution in [3.8, 4) is 0 Å². The van der Waals surface area contributed by atoms with Crippen molar-refractivity contribution >= 4 is 10.0 Å². The normalized spacial score (nSPS) is 32.5. The maximum absolute atomic E-state index is 11.9. The molecule has 2 atom stereocenters. The van der Waals surface area contributed by atoms with Crippen LogP contribution in [0.4, 0.5) is 0 Å². The first-order valence-corrected chi connectivity index (χ1v) is 6.96. The molecule has 5 nitrogen and oxygen atoms in total. The molecule has 2 aliphatic rings. The lowest BCUT2D eigenvalue weighted by molar-refractivity contribution is 0.136. The molecule has 0 aromatic carbocycles. The standard InChI is InChI=1S/C9H18N2O3S/c1-11(8-4-10-5-9(8)12)15(13,14)6-7-2-3-7/h7-10,12H,2-6H2,1H3/t8-,9-/m0/s1. The summed E-state index contributed by atoms with van der Waals surface area (Å²) >= 11 is 0. The molecule has 0 aromatic rings. The highest BCUT2D eigenvalue weighted by atomic mass is 32.2. The molecule has 88 valence electrons. The van der Waals surface area contributed by atoms with E-state index in [-0.39, 0.29) is 11.8 Å².